The number of azo groups is 1. The quantitative estimate of drug-likeness (QED) is 0.294. The number of rotatable bonds is 5. The molecule has 0 bridgehead atoms. The molecule has 0 saturated heterocycles. The molecule has 25 heavy (non-hydrogen) atoms. The van der Waals surface area contributed by atoms with E-state index in [4.69, 9.17) is 11.0 Å². The Kier molecular flexibility index (Phi) is 5.64. The third-order valence-corrected chi connectivity index (χ3v) is 3.26. The predicted molar refractivity (Wildman–Crippen MR) is 93.4 cm³/mol. The third-order valence-electron chi connectivity index (χ3n) is 3.26. The molecule has 0 spiro atoms. The van der Waals surface area contributed by atoms with Crippen molar-refractivity contribution in [1.82, 2.24) is 0 Å². The first-order valence-electron chi connectivity index (χ1n) is 7.28. The number of nitro benzene ring substituents is 1. The van der Waals surface area contributed by atoms with Crippen LogP contribution in [0.4, 0.5) is 22.7 Å². The predicted octanol–water partition coefficient (Wildman–Crippen LogP) is 3.59. The highest BCUT2D eigenvalue weighted by Crippen LogP contribution is 2.26. The molecular weight excluding hydrogens is 320 g/mol. The molecule has 2 aromatic carbocycles. The molecular formula is C17H14N6O2. The lowest BCUT2D eigenvalue weighted by Crippen LogP contribution is -2.15. The van der Waals surface area contributed by atoms with Crippen LogP contribution in [0.2, 0.25) is 0 Å². The molecule has 2 aromatic rings. The van der Waals surface area contributed by atoms with E-state index in [2.05, 4.69) is 22.3 Å². The van der Waals surface area contributed by atoms with Gasteiger partial charge in [-0.25, -0.2) is 0 Å². The molecule has 0 heterocycles. The third kappa shape index (κ3) is 4.30. The Morgan fingerprint density at radius 2 is 1.96 bits per heavy atom. The van der Waals surface area contributed by atoms with Gasteiger partial charge in [-0.3, -0.25) is 10.1 Å². The van der Waals surface area contributed by atoms with Crippen LogP contribution in [0.3, 0.4) is 0 Å². The van der Waals surface area contributed by atoms with Crippen LogP contribution >= 0.6 is 0 Å². The molecule has 0 radical (unpaired) electrons. The number of benzene rings is 2. The van der Waals surface area contributed by atoms with Crippen molar-refractivity contribution in [2.75, 3.05) is 11.4 Å². The van der Waals surface area contributed by atoms with Crippen LogP contribution in [0.1, 0.15) is 12.5 Å². The molecule has 0 unspecified atom stereocenters. The van der Waals surface area contributed by atoms with Gasteiger partial charge in [0.1, 0.15) is 11.8 Å². The molecule has 0 saturated carbocycles. The Labute approximate surface area is 144 Å². The molecule has 2 rings (SSSR count). The summed E-state index contributed by atoms with van der Waals surface area (Å²) in [5, 5.41) is 27.9. The monoisotopic (exact) mass is 334 g/mol. The second kappa shape index (κ2) is 8.09. The van der Waals surface area contributed by atoms with Crippen LogP contribution in [0, 0.1) is 33.5 Å². The van der Waals surface area contributed by atoms with Crippen LogP contribution < -0.4 is 10.6 Å². The fourth-order valence-corrected chi connectivity index (χ4v) is 2.03. The molecule has 0 aliphatic rings. The van der Waals surface area contributed by atoms with Gasteiger partial charge in [-0.05, 0) is 37.3 Å². The summed E-state index contributed by atoms with van der Waals surface area (Å²) in [7, 11) is 0. The molecule has 2 N–H and O–H groups in total. The lowest BCUT2D eigenvalue weighted by Gasteiger charge is -2.14. The highest BCUT2D eigenvalue weighted by Gasteiger charge is 2.10. The van der Waals surface area contributed by atoms with Gasteiger partial charge in [0.15, 0.2) is 0 Å². The zero-order valence-electron chi connectivity index (χ0n) is 13.4. The molecule has 8 nitrogen and oxygen atoms in total. The van der Waals surface area contributed by atoms with E-state index in [0.29, 0.717) is 12.2 Å². The van der Waals surface area contributed by atoms with E-state index in [1.54, 1.807) is 17.0 Å². The number of anilines is 1. The minimum absolute atomic E-state index is 0.0879. The van der Waals surface area contributed by atoms with Gasteiger partial charge in [0, 0.05) is 36.5 Å². The normalized spacial score (nSPS) is 9.92. The summed E-state index contributed by atoms with van der Waals surface area (Å²) in [5.74, 6) is 0. The number of nitro groups is 1. The Morgan fingerprint density at radius 3 is 2.52 bits per heavy atom. The second-order valence-corrected chi connectivity index (χ2v) is 4.79. The van der Waals surface area contributed by atoms with Gasteiger partial charge < -0.3 is 10.6 Å². The van der Waals surface area contributed by atoms with Gasteiger partial charge in [0.2, 0.25) is 0 Å². The van der Waals surface area contributed by atoms with Gasteiger partial charge in [-0.2, -0.15) is 10.4 Å². The molecule has 0 aliphatic carbocycles. The van der Waals surface area contributed by atoms with Crippen molar-refractivity contribution in [3.63, 3.8) is 0 Å². The van der Waals surface area contributed by atoms with Gasteiger partial charge in [-0.15, -0.1) is 5.11 Å². The highest BCUT2D eigenvalue weighted by molar-refractivity contribution is 5.59. The average molecular weight is 334 g/mol. The zero-order chi connectivity index (χ0) is 18.2. The Morgan fingerprint density at radius 1 is 1.24 bits per heavy atom. The van der Waals surface area contributed by atoms with Crippen LogP contribution in [0.5, 0.6) is 0 Å². The summed E-state index contributed by atoms with van der Waals surface area (Å²) >= 11 is 0. The Hall–Kier alpha value is -3.91. The molecule has 0 aromatic heterocycles. The van der Waals surface area contributed by atoms with Crippen molar-refractivity contribution in [3.8, 4) is 18.2 Å². The van der Waals surface area contributed by atoms with Crippen molar-refractivity contribution in [3.05, 3.63) is 58.1 Å². The maximum Gasteiger partial charge on any atom is 0.270 e. The largest absolute Gasteiger partial charge is 0.358 e. The number of nitrogens with zero attached hydrogens (tertiary/aromatic N) is 5. The average Bonchev–Trinajstić information content (AvgIpc) is 2.64. The fraction of sp³-hybridized carbons (Fsp3) is 0.118. The smallest absolute Gasteiger partial charge is 0.270 e. The topological polar surface area (TPSA) is 121 Å². The summed E-state index contributed by atoms with van der Waals surface area (Å²) in [6.07, 6.45) is 0. The first-order valence-corrected chi connectivity index (χ1v) is 7.28. The molecule has 0 fully saturated rings. The SMILES string of the molecule is CCN(C#CN)c1ccc(N=Nc2ccc([N+](=O)[O-])cc2C#N)cc1. The number of non-ortho nitro benzene ring substituents is 1. The standard InChI is InChI=1S/C17H14N6O2/c1-2-22(10-9-18)15-5-3-14(4-6-15)20-21-17-8-7-16(23(24)25)11-13(17)12-19/h3-8,11H,2,18H2,1H3. The summed E-state index contributed by atoms with van der Waals surface area (Å²) < 4.78 is 0. The maximum absolute atomic E-state index is 10.7. The molecule has 0 amide bonds. The molecule has 0 atom stereocenters. The summed E-state index contributed by atoms with van der Waals surface area (Å²) in [6, 6.07) is 18.0. The van der Waals surface area contributed by atoms with Gasteiger partial charge in [-0.1, -0.05) is 0 Å². The van der Waals surface area contributed by atoms with E-state index in [-0.39, 0.29) is 16.9 Å². The van der Waals surface area contributed by atoms with Crippen LogP contribution in [-0.4, -0.2) is 11.5 Å². The summed E-state index contributed by atoms with van der Waals surface area (Å²) in [6.45, 7) is 2.63. The summed E-state index contributed by atoms with van der Waals surface area (Å²) in [4.78, 5) is 12.0. The van der Waals surface area contributed by atoms with E-state index >= 15 is 0 Å². The minimum atomic E-state index is -0.565. The first kappa shape index (κ1) is 17.4. The lowest BCUT2D eigenvalue weighted by atomic mass is 10.2. The maximum atomic E-state index is 10.7. The number of hydrogen-bond acceptors (Lipinski definition) is 7. The van der Waals surface area contributed by atoms with Crippen molar-refractivity contribution >= 4 is 22.7 Å². The van der Waals surface area contributed by atoms with Crippen molar-refractivity contribution < 1.29 is 4.92 Å². The number of nitrogens with two attached hydrogens (primary N) is 1. The van der Waals surface area contributed by atoms with E-state index in [0.717, 1.165) is 5.69 Å². The summed E-state index contributed by atoms with van der Waals surface area (Å²) in [5.41, 5.74) is 6.86. The number of hydrogen-bond donors (Lipinski definition) is 1. The van der Waals surface area contributed by atoms with Crippen LogP contribution in [0.15, 0.2) is 52.7 Å². The van der Waals surface area contributed by atoms with Crippen molar-refractivity contribution in [2.24, 2.45) is 16.0 Å². The highest BCUT2D eigenvalue weighted by atomic mass is 16.6. The van der Waals surface area contributed by atoms with Crippen molar-refractivity contribution in [1.29, 1.82) is 5.26 Å². The van der Waals surface area contributed by atoms with E-state index < -0.39 is 4.92 Å². The van der Waals surface area contributed by atoms with Gasteiger partial charge in [0.05, 0.1) is 16.2 Å². The molecule has 0 aliphatic heterocycles. The van der Waals surface area contributed by atoms with Crippen LogP contribution in [-0.2, 0) is 0 Å². The van der Waals surface area contributed by atoms with Crippen molar-refractivity contribution in [2.45, 2.75) is 6.92 Å². The molecule has 124 valence electrons. The first-order chi connectivity index (χ1) is 12.1. The Bertz CT molecular complexity index is 903. The minimum Gasteiger partial charge on any atom is -0.358 e. The van der Waals surface area contributed by atoms with E-state index in [9.17, 15) is 10.1 Å². The van der Waals surface area contributed by atoms with Gasteiger partial charge in [0.25, 0.3) is 5.69 Å². The second-order valence-electron chi connectivity index (χ2n) is 4.79. The molecule has 8 heteroatoms. The van der Waals surface area contributed by atoms with E-state index in [1.807, 2.05) is 25.1 Å². The van der Waals surface area contributed by atoms with Crippen LogP contribution in [0.25, 0.3) is 0 Å². The zero-order valence-corrected chi connectivity index (χ0v) is 13.4. The van der Waals surface area contributed by atoms with E-state index in [1.165, 1.54) is 18.2 Å². The fourth-order valence-electron chi connectivity index (χ4n) is 2.03. The Balaban J connectivity index is 2.23. The number of nitriles is 1. The van der Waals surface area contributed by atoms with Gasteiger partial charge >= 0.3 is 0 Å². The lowest BCUT2D eigenvalue weighted by molar-refractivity contribution is -0.384.